The van der Waals surface area contributed by atoms with E-state index in [4.69, 9.17) is 5.84 Å². The van der Waals surface area contributed by atoms with Crippen LogP contribution in [0.5, 0.6) is 0 Å². The molecule has 0 bridgehead atoms. The molecule has 0 spiro atoms. The molecule has 0 unspecified atom stereocenters. The minimum atomic E-state index is -0.631. The number of nitrogen functional groups attached to an aromatic ring is 1. The lowest BCUT2D eigenvalue weighted by atomic mass is 9.79. The van der Waals surface area contributed by atoms with Gasteiger partial charge in [0.2, 0.25) is 6.33 Å². The molecule has 1 heterocycles. The minimum Gasteiger partial charge on any atom is -0.289 e. The molecule has 0 radical (unpaired) electrons. The van der Waals surface area contributed by atoms with Gasteiger partial charge in [-0.05, 0) is 44.4 Å². The summed E-state index contributed by atoms with van der Waals surface area (Å²) < 4.78 is 3.09. The van der Waals surface area contributed by atoms with Crippen LogP contribution in [0.4, 0.5) is 0 Å². The highest BCUT2D eigenvalue weighted by Crippen LogP contribution is 2.30. The Balaban J connectivity index is 2.54. The number of nitriles is 2. The molecule has 0 saturated carbocycles. The van der Waals surface area contributed by atoms with E-state index >= 15 is 0 Å². The molecule has 0 atom stereocenters. The van der Waals surface area contributed by atoms with Crippen molar-refractivity contribution in [2.75, 3.05) is 5.84 Å². The second-order valence-electron chi connectivity index (χ2n) is 6.78. The first-order valence-corrected chi connectivity index (χ1v) is 7.34. The van der Waals surface area contributed by atoms with Crippen molar-refractivity contribution < 1.29 is 4.68 Å². The van der Waals surface area contributed by atoms with Crippen LogP contribution in [0.2, 0.25) is 0 Å². The average Bonchev–Trinajstić information content (AvgIpc) is 2.92. The quantitative estimate of drug-likeness (QED) is 0.684. The summed E-state index contributed by atoms with van der Waals surface area (Å²) in [7, 11) is 0. The molecular weight excluding hydrogens is 288 g/mol. The Labute approximate surface area is 136 Å². The van der Waals surface area contributed by atoms with E-state index in [9.17, 15) is 10.5 Å². The molecule has 1 aromatic heterocycles. The minimum absolute atomic E-state index is 0.522. The van der Waals surface area contributed by atoms with Crippen LogP contribution in [0, 0.1) is 22.7 Å². The van der Waals surface area contributed by atoms with Crippen LogP contribution in [0.3, 0.4) is 0 Å². The molecule has 2 rings (SSSR count). The molecule has 118 valence electrons. The van der Waals surface area contributed by atoms with Gasteiger partial charge in [-0.2, -0.15) is 10.5 Å². The Morgan fingerprint density at radius 3 is 2.00 bits per heavy atom. The molecule has 0 saturated heterocycles. The zero-order chi connectivity index (χ0) is 17.3. The van der Waals surface area contributed by atoms with Crippen molar-refractivity contribution in [2.24, 2.45) is 0 Å². The number of aromatic nitrogens is 3. The molecule has 0 fully saturated rings. The van der Waals surface area contributed by atoms with E-state index in [1.807, 2.05) is 45.9 Å². The maximum absolute atomic E-state index is 9.43. The number of rotatable bonds is 4. The van der Waals surface area contributed by atoms with E-state index in [1.54, 1.807) is 11.0 Å². The lowest BCUT2D eigenvalue weighted by Crippen LogP contribution is -2.42. The first-order chi connectivity index (χ1) is 10.7. The molecule has 0 aliphatic carbocycles. The number of hydrogen-bond acceptors (Lipinski definition) is 4. The van der Waals surface area contributed by atoms with Crippen molar-refractivity contribution >= 4 is 0 Å². The fourth-order valence-corrected chi connectivity index (χ4v) is 2.24. The normalized spacial score (nSPS) is 11.7. The van der Waals surface area contributed by atoms with Gasteiger partial charge >= 0.3 is 0 Å². The number of nitrogens with zero attached hydrogens (tertiary/aromatic N) is 5. The van der Waals surface area contributed by atoms with Crippen LogP contribution in [-0.2, 0) is 17.4 Å². The topological polar surface area (TPSA) is 95.3 Å². The fourth-order valence-electron chi connectivity index (χ4n) is 2.24. The molecule has 1 aromatic carbocycles. The fraction of sp³-hybridized carbons (Fsp3) is 0.412. The van der Waals surface area contributed by atoms with Gasteiger partial charge in [0.15, 0.2) is 0 Å². The molecule has 0 aliphatic rings. The van der Waals surface area contributed by atoms with E-state index in [0.717, 1.165) is 16.7 Å². The van der Waals surface area contributed by atoms with Gasteiger partial charge in [-0.1, -0.05) is 18.2 Å². The zero-order valence-electron chi connectivity index (χ0n) is 13.9. The van der Waals surface area contributed by atoms with Gasteiger partial charge in [0, 0.05) is 5.10 Å². The standard InChI is InChI=1S/C17H21N6/c1-16(2,9-18)14-5-13(8-23-12-22(20)11-21-23)6-15(7-14)17(3,4)10-19/h5-7,11-12H,8,20H2,1-4H3/q+1. The van der Waals surface area contributed by atoms with Gasteiger partial charge in [-0.25, -0.2) is 0 Å². The van der Waals surface area contributed by atoms with Crippen LogP contribution < -0.4 is 10.5 Å². The van der Waals surface area contributed by atoms with Crippen LogP contribution in [0.25, 0.3) is 0 Å². The van der Waals surface area contributed by atoms with E-state index in [0.29, 0.717) is 6.54 Å². The molecule has 0 aliphatic heterocycles. The van der Waals surface area contributed by atoms with E-state index in [1.165, 1.54) is 11.0 Å². The van der Waals surface area contributed by atoms with Crippen LogP contribution >= 0.6 is 0 Å². The lowest BCUT2D eigenvalue weighted by Gasteiger charge is -2.22. The third-order valence-electron chi connectivity index (χ3n) is 3.94. The molecule has 23 heavy (non-hydrogen) atoms. The second-order valence-corrected chi connectivity index (χ2v) is 6.78. The highest BCUT2D eigenvalue weighted by molar-refractivity contribution is 5.42. The van der Waals surface area contributed by atoms with Crippen molar-refractivity contribution in [3.8, 4) is 12.1 Å². The van der Waals surface area contributed by atoms with Gasteiger partial charge in [-0.3, -0.25) is 5.84 Å². The predicted molar refractivity (Wildman–Crippen MR) is 85.4 cm³/mol. The van der Waals surface area contributed by atoms with Crippen molar-refractivity contribution in [2.45, 2.75) is 45.1 Å². The summed E-state index contributed by atoms with van der Waals surface area (Å²) in [6, 6.07) is 10.6. The summed E-state index contributed by atoms with van der Waals surface area (Å²) in [5.74, 6) is 5.62. The van der Waals surface area contributed by atoms with E-state index < -0.39 is 10.8 Å². The Morgan fingerprint density at radius 1 is 1.09 bits per heavy atom. The predicted octanol–water partition coefficient (Wildman–Crippen LogP) is 1.54. The third-order valence-corrected chi connectivity index (χ3v) is 3.94. The molecule has 2 aromatic rings. The highest BCUT2D eigenvalue weighted by atomic mass is 15.4. The largest absolute Gasteiger partial charge is 0.289 e. The molecule has 6 nitrogen and oxygen atoms in total. The SMILES string of the molecule is CC(C)(C#N)c1cc(Cn2c[n+](N)cn2)cc(C(C)(C)C#N)c1. The Morgan fingerprint density at radius 2 is 1.61 bits per heavy atom. The van der Waals surface area contributed by atoms with Gasteiger partial charge in [-0.15, -0.1) is 9.36 Å². The summed E-state index contributed by atoms with van der Waals surface area (Å²) in [5, 5.41) is 23.0. The highest BCUT2D eigenvalue weighted by Gasteiger charge is 2.26. The second kappa shape index (κ2) is 5.73. The molecule has 6 heteroatoms. The molecule has 0 amide bonds. The van der Waals surface area contributed by atoms with Gasteiger partial charge in [0.25, 0.3) is 6.33 Å². The van der Waals surface area contributed by atoms with E-state index in [-0.39, 0.29) is 0 Å². The Bertz CT molecular complexity index is 757. The Kier molecular flexibility index (Phi) is 4.12. The van der Waals surface area contributed by atoms with Crippen LogP contribution in [0.1, 0.15) is 44.4 Å². The van der Waals surface area contributed by atoms with Crippen LogP contribution in [0.15, 0.2) is 30.9 Å². The molecule has 2 N–H and O–H groups in total. The Hall–Kier alpha value is -2.86. The monoisotopic (exact) mass is 309 g/mol. The smallest absolute Gasteiger partial charge is 0.286 e. The van der Waals surface area contributed by atoms with Crippen molar-refractivity contribution in [3.05, 3.63) is 47.5 Å². The zero-order valence-corrected chi connectivity index (χ0v) is 13.9. The molecular formula is C17H21N6+. The van der Waals surface area contributed by atoms with Crippen molar-refractivity contribution in [1.29, 1.82) is 10.5 Å². The summed E-state index contributed by atoms with van der Waals surface area (Å²) in [4.78, 5) is 0. The number of nitrogens with two attached hydrogens (primary N) is 1. The maximum atomic E-state index is 9.43. The van der Waals surface area contributed by atoms with Crippen LogP contribution in [-0.4, -0.2) is 9.78 Å². The van der Waals surface area contributed by atoms with E-state index in [2.05, 4.69) is 17.2 Å². The summed E-state index contributed by atoms with van der Waals surface area (Å²) in [6.07, 6.45) is 3.19. The lowest BCUT2D eigenvalue weighted by molar-refractivity contribution is -0.639. The number of hydrogen-bond donors (Lipinski definition) is 1. The number of benzene rings is 1. The third kappa shape index (κ3) is 3.49. The van der Waals surface area contributed by atoms with Crippen molar-refractivity contribution in [1.82, 2.24) is 9.78 Å². The summed E-state index contributed by atoms with van der Waals surface area (Å²) in [6.45, 7) is 8.01. The summed E-state index contributed by atoms with van der Waals surface area (Å²) >= 11 is 0. The maximum Gasteiger partial charge on any atom is 0.286 e. The first-order valence-electron chi connectivity index (χ1n) is 7.34. The average molecular weight is 309 g/mol. The van der Waals surface area contributed by atoms with Gasteiger partial charge in [0.1, 0.15) is 6.54 Å². The van der Waals surface area contributed by atoms with Gasteiger partial charge < -0.3 is 0 Å². The summed E-state index contributed by atoms with van der Waals surface area (Å²) in [5.41, 5.74) is 1.50. The van der Waals surface area contributed by atoms with Gasteiger partial charge in [0.05, 0.1) is 23.0 Å². The first kappa shape index (κ1) is 16.5. The van der Waals surface area contributed by atoms with Crippen molar-refractivity contribution in [3.63, 3.8) is 0 Å².